The largest absolute Gasteiger partial charge is 0.394 e. The normalized spacial score (nSPS) is 8.00. The van der Waals surface area contributed by atoms with E-state index in [1.807, 2.05) is 0 Å². The van der Waals surface area contributed by atoms with Crippen molar-refractivity contribution in [2.45, 2.75) is 39.9 Å². The van der Waals surface area contributed by atoms with Crippen molar-refractivity contribution in [1.82, 2.24) is 0 Å². The molecule has 0 heterocycles. The van der Waals surface area contributed by atoms with Crippen LogP contribution in [-0.2, 0) is 0 Å². The number of aliphatic hydroxyl groups is 2. The minimum absolute atomic E-state index is 0. The van der Waals surface area contributed by atoms with Crippen LogP contribution >= 0.6 is 0 Å². The molecule has 0 saturated heterocycles. The summed E-state index contributed by atoms with van der Waals surface area (Å²) >= 11 is 0. The first kappa shape index (κ1) is 16.3. The van der Waals surface area contributed by atoms with Crippen molar-refractivity contribution in [2.24, 2.45) is 0 Å². The molecule has 0 aromatic heterocycles. The molecule has 0 aliphatic carbocycles. The smallest absolute Gasteiger partial charge is 0.0483 e. The Balaban J connectivity index is -0.0000000720. The van der Waals surface area contributed by atoms with Gasteiger partial charge in [0, 0.05) is 31.1 Å². The van der Waals surface area contributed by atoms with Gasteiger partial charge in [-0.3, -0.25) is 0 Å². The van der Waals surface area contributed by atoms with Crippen LogP contribution in [0, 0.1) is 0 Å². The average Bonchev–Trinajstić information content (AvgIpc) is 1.25. The zero-order chi connectivity index (χ0) is 7.15. The van der Waals surface area contributed by atoms with E-state index in [0.717, 1.165) is 0 Å². The molecule has 0 spiro atoms. The summed E-state index contributed by atoms with van der Waals surface area (Å²) in [4.78, 5) is 0. The van der Waals surface area contributed by atoms with Crippen LogP contribution in [0.1, 0.15) is 27.7 Å². The molecule has 0 aliphatic rings. The molecule has 0 amide bonds. The van der Waals surface area contributed by atoms with E-state index in [1.54, 1.807) is 27.7 Å². The van der Waals surface area contributed by atoms with Gasteiger partial charge in [-0.2, -0.15) is 0 Å². The standard InChI is InChI=1S/2C3H8O.Li/c2*1-3(2)4;/h2*3-4H,1-2H3;. The maximum Gasteiger partial charge on any atom is 0.0483 e. The van der Waals surface area contributed by atoms with Gasteiger partial charge in [0.05, 0.1) is 0 Å². The van der Waals surface area contributed by atoms with Gasteiger partial charge in [-0.15, -0.1) is 0 Å². The summed E-state index contributed by atoms with van der Waals surface area (Å²) in [7, 11) is 0. The minimum Gasteiger partial charge on any atom is -0.394 e. The van der Waals surface area contributed by atoms with Crippen molar-refractivity contribution in [3.63, 3.8) is 0 Å². The number of aliphatic hydroxyl groups excluding tert-OH is 2. The van der Waals surface area contributed by atoms with E-state index < -0.39 is 0 Å². The Kier molecular flexibility index (Phi) is 20.5. The molecule has 2 nitrogen and oxygen atoms in total. The Morgan fingerprint density at radius 2 is 0.778 bits per heavy atom. The molecule has 0 bridgehead atoms. The molecule has 1 radical (unpaired) electrons. The second kappa shape index (κ2) is 11.3. The Morgan fingerprint density at radius 3 is 0.778 bits per heavy atom. The van der Waals surface area contributed by atoms with Crippen molar-refractivity contribution in [1.29, 1.82) is 0 Å². The van der Waals surface area contributed by atoms with E-state index in [1.165, 1.54) is 0 Å². The maximum absolute atomic E-state index is 8.06. The van der Waals surface area contributed by atoms with E-state index in [0.29, 0.717) is 0 Å². The van der Waals surface area contributed by atoms with Gasteiger partial charge in [-0.05, 0) is 27.7 Å². The first-order valence-corrected chi connectivity index (χ1v) is 2.83. The molecule has 0 fully saturated rings. The molecule has 0 saturated carbocycles. The van der Waals surface area contributed by atoms with Gasteiger partial charge in [0.1, 0.15) is 0 Å². The SMILES string of the molecule is CC(C)O.CC(C)O.[Li]. The molecule has 0 unspecified atom stereocenters. The minimum atomic E-state index is -0.167. The van der Waals surface area contributed by atoms with Gasteiger partial charge in [-0.25, -0.2) is 0 Å². The summed E-state index contributed by atoms with van der Waals surface area (Å²) < 4.78 is 0. The third-order valence-electron chi connectivity index (χ3n) is 0. The quantitative estimate of drug-likeness (QED) is 0.462. The topological polar surface area (TPSA) is 40.5 Å². The zero-order valence-corrected chi connectivity index (χ0v) is 7.05. The summed E-state index contributed by atoms with van der Waals surface area (Å²) in [5, 5.41) is 16.1. The zero-order valence-electron chi connectivity index (χ0n) is 7.05. The van der Waals surface area contributed by atoms with Crippen molar-refractivity contribution in [3.05, 3.63) is 0 Å². The molecule has 53 valence electrons. The van der Waals surface area contributed by atoms with Crippen molar-refractivity contribution in [3.8, 4) is 0 Å². The fourth-order valence-electron chi connectivity index (χ4n) is 0. The molecular weight excluding hydrogens is 111 g/mol. The third kappa shape index (κ3) is 1350. The second-order valence-electron chi connectivity index (χ2n) is 2.19. The van der Waals surface area contributed by atoms with E-state index in [-0.39, 0.29) is 31.1 Å². The monoisotopic (exact) mass is 127 g/mol. The molecule has 0 rings (SSSR count). The van der Waals surface area contributed by atoms with E-state index in [9.17, 15) is 0 Å². The summed E-state index contributed by atoms with van der Waals surface area (Å²) in [5.41, 5.74) is 0. The van der Waals surface area contributed by atoms with Crippen LogP contribution in [0.5, 0.6) is 0 Å². The first-order chi connectivity index (χ1) is 3.46. The van der Waals surface area contributed by atoms with Gasteiger partial charge in [0.25, 0.3) is 0 Å². The van der Waals surface area contributed by atoms with Crippen LogP contribution in [0.25, 0.3) is 0 Å². The molecule has 0 atom stereocenters. The summed E-state index contributed by atoms with van der Waals surface area (Å²) in [6.07, 6.45) is -0.333. The van der Waals surface area contributed by atoms with Gasteiger partial charge in [0.15, 0.2) is 0 Å². The molecular formula is C6H16LiO2. The fourth-order valence-corrected chi connectivity index (χ4v) is 0. The van der Waals surface area contributed by atoms with Crippen LogP contribution in [0.4, 0.5) is 0 Å². The van der Waals surface area contributed by atoms with E-state index >= 15 is 0 Å². The van der Waals surface area contributed by atoms with Crippen LogP contribution in [0.2, 0.25) is 0 Å². The number of hydrogen-bond donors (Lipinski definition) is 2. The Bertz CT molecular complexity index is 26.5. The Labute approximate surface area is 69.5 Å². The summed E-state index contributed by atoms with van der Waals surface area (Å²) in [5.74, 6) is 0. The second-order valence-corrected chi connectivity index (χ2v) is 2.19. The molecule has 3 heteroatoms. The molecule has 2 N–H and O–H groups in total. The maximum atomic E-state index is 8.06. The van der Waals surface area contributed by atoms with Gasteiger partial charge in [-0.1, -0.05) is 0 Å². The van der Waals surface area contributed by atoms with Crippen molar-refractivity contribution < 1.29 is 10.2 Å². The van der Waals surface area contributed by atoms with Crippen molar-refractivity contribution in [2.75, 3.05) is 0 Å². The fraction of sp³-hybridized carbons (Fsp3) is 1.00. The molecule has 0 aromatic rings. The first-order valence-electron chi connectivity index (χ1n) is 2.83. The molecule has 0 aliphatic heterocycles. The predicted octanol–water partition coefficient (Wildman–Crippen LogP) is 0.393. The molecule has 0 aromatic carbocycles. The van der Waals surface area contributed by atoms with Gasteiger partial charge >= 0.3 is 0 Å². The predicted molar refractivity (Wildman–Crippen MR) is 40.5 cm³/mol. The van der Waals surface area contributed by atoms with Crippen LogP contribution in [-0.4, -0.2) is 41.3 Å². The van der Waals surface area contributed by atoms with Crippen LogP contribution in [0.3, 0.4) is 0 Å². The van der Waals surface area contributed by atoms with Crippen LogP contribution < -0.4 is 0 Å². The number of hydrogen-bond acceptors (Lipinski definition) is 2. The van der Waals surface area contributed by atoms with Gasteiger partial charge in [0.2, 0.25) is 0 Å². The van der Waals surface area contributed by atoms with Gasteiger partial charge < -0.3 is 10.2 Å². The average molecular weight is 127 g/mol. The molecule has 9 heavy (non-hydrogen) atoms. The summed E-state index contributed by atoms with van der Waals surface area (Å²) in [6.45, 7) is 6.89. The van der Waals surface area contributed by atoms with E-state index in [2.05, 4.69) is 0 Å². The third-order valence-corrected chi connectivity index (χ3v) is 0. The Hall–Kier alpha value is 0.517. The van der Waals surface area contributed by atoms with E-state index in [4.69, 9.17) is 10.2 Å². The summed E-state index contributed by atoms with van der Waals surface area (Å²) in [6, 6.07) is 0. The Morgan fingerprint density at radius 1 is 0.778 bits per heavy atom. The van der Waals surface area contributed by atoms with Crippen molar-refractivity contribution >= 4 is 18.9 Å². The van der Waals surface area contributed by atoms with Crippen LogP contribution in [0.15, 0.2) is 0 Å². The number of rotatable bonds is 0.